The summed E-state index contributed by atoms with van der Waals surface area (Å²) in [6.07, 6.45) is 11.0. The molecule has 2 rings (SSSR count). The Kier molecular flexibility index (Phi) is 8.02. The molecule has 0 aromatic heterocycles. The fraction of sp³-hybridized carbons (Fsp3) is 0.950. The zero-order valence-corrected chi connectivity index (χ0v) is 15.1. The minimum atomic E-state index is -0.848. The highest BCUT2D eigenvalue weighted by Gasteiger charge is 2.46. The van der Waals surface area contributed by atoms with Gasteiger partial charge in [-0.05, 0) is 31.6 Å². The Morgan fingerprint density at radius 2 is 1.83 bits per heavy atom. The van der Waals surface area contributed by atoms with Crippen molar-refractivity contribution >= 4 is 5.78 Å². The normalized spacial score (nSPS) is 32.0. The molecule has 0 aromatic carbocycles. The van der Waals surface area contributed by atoms with Crippen molar-refractivity contribution in [1.82, 2.24) is 0 Å². The first kappa shape index (κ1) is 18.9. The third kappa shape index (κ3) is 5.27. The van der Waals surface area contributed by atoms with Crippen molar-refractivity contribution in [3.8, 4) is 0 Å². The van der Waals surface area contributed by atoms with Crippen LogP contribution >= 0.6 is 0 Å². The van der Waals surface area contributed by atoms with E-state index in [-0.39, 0.29) is 18.1 Å². The molecule has 1 saturated carbocycles. The third-order valence-electron chi connectivity index (χ3n) is 5.80. The van der Waals surface area contributed by atoms with Gasteiger partial charge >= 0.3 is 0 Å². The van der Waals surface area contributed by atoms with Gasteiger partial charge in [0.2, 0.25) is 0 Å². The van der Waals surface area contributed by atoms with Crippen LogP contribution in [0.3, 0.4) is 0 Å². The molecule has 23 heavy (non-hydrogen) atoms. The molecule has 0 spiro atoms. The zero-order chi connectivity index (χ0) is 16.7. The first-order valence-electron chi connectivity index (χ1n) is 9.99. The highest BCUT2D eigenvalue weighted by Crippen LogP contribution is 2.43. The lowest BCUT2D eigenvalue weighted by atomic mass is 9.83. The number of unbranched alkanes of at least 4 members (excludes halogenated alkanes) is 5. The molecule has 5 atom stereocenters. The van der Waals surface area contributed by atoms with E-state index in [2.05, 4.69) is 13.8 Å². The second kappa shape index (κ2) is 9.76. The van der Waals surface area contributed by atoms with Crippen LogP contribution in [0.2, 0.25) is 0 Å². The van der Waals surface area contributed by atoms with Crippen LogP contribution in [0, 0.1) is 11.8 Å². The van der Waals surface area contributed by atoms with E-state index in [0.717, 1.165) is 38.5 Å². The van der Waals surface area contributed by atoms with Crippen molar-refractivity contribution in [2.75, 3.05) is 0 Å². The van der Waals surface area contributed by atoms with Crippen molar-refractivity contribution in [3.05, 3.63) is 0 Å². The Morgan fingerprint density at radius 1 is 1.09 bits per heavy atom. The van der Waals surface area contributed by atoms with Gasteiger partial charge in [-0.25, -0.2) is 4.39 Å². The van der Waals surface area contributed by atoms with Crippen LogP contribution in [0.25, 0.3) is 0 Å². The summed E-state index contributed by atoms with van der Waals surface area (Å²) in [5, 5.41) is 0. The van der Waals surface area contributed by atoms with E-state index in [0.29, 0.717) is 24.5 Å². The molecule has 0 radical (unpaired) electrons. The maximum absolute atomic E-state index is 14.2. The molecular formula is C20H35FO2. The van der Waals surface area contributed by atoms with Gasteiger partial charge in [-0.2, -0.15) is 0 Å². The lowest BCUT2D eigenvalue weighted by Gasteiger charge is -2.35. The molecule has 1 aliphatic carbocycles. The summed E-state index contributed by atoms with van der Waals surface area (Å²) in [6.45, 7) is 4.31. The van der Waals surface area contributed by atoms with Crippen molar-refractivity contribution in [2.24, 2.45) is 11.8 Å². The van der Waals surface area contributed by atoms with Gasteiger partial charge in [0, 0.05) is 12.3 Å². The highest BCUT2D eigenvalue weighted by atomic mass is 19.1. The molecule has 0 aromatic rings. The summed E-state index contributed by atoms with van der Waals surface area (Å²) < 4.78 is 20.3. The highest BCUT2D eigenvalue weighted by molar-refractivity contribution is 5.84. The number of hydrogen-bond donors (Lipinski definition) is 0. The molecule has 134 valence electrons. The maximum Gasteiger partial charge on any atom is 0.138 e. The quantitative estimate of drug-likeness (QED) is 0.486. The van der Waals surface area contributed by atoms with E-state index in [9.17, 15) is 9.18 Å². The largest absolute Gasteiger partial charge is 0.371 e. The Labute approximate surface area is 141 Å². The third-order valence-corrected chi connectivity index (χ3v) is 5.80. The van der Waals surface area contributed by atoms with Crippen molar-refractivity contribution in [1.29, 1.82) is 0 Å². The number of hydrogen-bond acceptors (Lipinski definition) is 2. The first-order chi connectivity index (χ1) is 11.2. The topological polar surface area (TPSA) is 26.3 Å². The van der Waals surface area contributed by atoms with Gasteiger partial charge in [0.15, 0.2) is 0 Å². The van der Waals surface area contributed by atoms with Gasteiger partial charge in [-0.15, -0.1) is 0 Å². The second-order valence-corrected chi connectivity index (χ2v) is 7.59. The zero-order valence-electron chi connectivity index (χ0n) is 15.1. The van der Waals surface area contributed by atoms with Crippen LogP contribution < -0.4 is 0 Å². The summed E-state index contributed by atoms with van der Waals surface area (Å²) in [7, 11) is 0. The predicted octanol–water partition coefficient (Wildman–Crippen LogP) is 5.63. The summed E-state index contributed by atoms with van der Waals surface area (Å²) >= 11 is 0. The van der Waals surface area contributed by atoms with Gasteiger partial charge in [-0.3, -0.25) is 4.79 Å². The van der Waals surface area contributed by atoms with Gasteiger partial charge in [-0.1, -0.05) is 58.8 Å². The van der Waals surface area contributed by atoms with Gasteiger partial charge in [0.1, 0.15) is 12.0 Å². The molecule has 0 amide bonds. The van der Waals surface area contributed by atoms with Gasteiger partial charge in [0.25, 0.3) is 0 Å². The fourth-order valence-corrected chi connectivity index (χ4v) is 4.38. The number of carbonyl (C=O) groups excluding carboxylic acids is 1. The Balaban J connectivity index is 1.77. The van der Waals surface area contributed by atoms with Crippen molar-refractivity contribution in [3.63, 3.8) is 0 Å². The standard InChI is InChI=1S/C20H35FO2/c1-3-5-7-8-9-10-15-16-12-13-19(17(21)11-6-4-2)23-20(16)14-18(15)22/h15-17,19-20H,3-14H2,1-2H3/t15-,16?,17?,19?,20-/m1/s1. The molecule has 1 saturated heterocycles. The minimum Gasteiger partial charge on any atom is -0.371 e. The number of fused-ring (bicyclic) bond motifs is 1. The van der Waals surface area contributed by atoms with Crippen LogP contribution in [-0.4, -0.2) is 24.2 Å². The second-order valence-electron chi connectivity index (χ2n) is 7.59. The SMILES string of the molecule is CCCCCCC[C@H]1C(=O)C[C@H]2OC(C(F)CCCC)CCC21. The molecule has 0 bridgehead atoms. The van der Waals surface area contributed by atoms with Crippen LogP contribution in [-0.2, 0) is 9.53 Å². The van der Waals surface area contributed by atoms with E-state index in [1.165, 1.54) is 25.7 Å². The maximum atomic E-state index is 14.2. The van der Waals surface area contributed by atoms with E-state index in [1.54, 1.807) is 0 Å². The summed E-state index contributed by atoms with van der Waals surface area (Å²) in [5.41, 5.74) is 0. The minimum absolute atomic E-state index is 0.00164. The lowest BCUT2D eigenvalue weighted by Crippen LogP contribution is -2.38. The van der Waals surface area contributed by atoms with E-state index in [1.807, 2.05) is 0 Å². The van der Waals surface area contributed by atoms with E-state index < -0.39 is 6.17 Å². The number of Topliss-reactive ketones (excluding diaryl/α,β-unsaturated/α-hetero) is 1. The average Bonchev–Trinajstić information content (AvgIpc) is 2.87. The molecule has 2 aliphatic rings. The van der Waals surface area contributed by atoms with E-state index in [4.69, 9.17) is 4.74 Å². The molecule has 2 fully saturated rings. The molecule has 1 aliphatic heterocycles. The summed E-state index contributed by atoms with van der Waals surface area (Å²) in [6, 6.07) is 0. The first-order valence-corrected chi connectivity index (χ1v) is 9.99. The Bertz CT molecular complexity index is 358. The van der Waals surface area contributed by atoms with Crippen LogP contribution in [0.1, 0.15) is 90.9 Å². The van der Waals surface area contributed by atoms with Crippen LogP contribution in [0.15, 0.2) is 0 Å². The van der Waals surface area contributed by atoms with Gasteiger partial charge in [0.05, 0.1) is 12.2 Å². The van der Waals surface area contributed by atoms with Gasteiger partial charge < -0.3 is 4.74 Å². The molecule has 3 heteroatoms. The number of halogens is 1. The average molecular weight is 326 g/mol. The molecule has 3 unspecified atom stereocenters. The lowest BCUT2D eigenvalue weighted by molar-refractivity contribution is -0.121. The summed E-state index contributed by atoms with van der Waals surface area (Å²) in [5.74, 6) is 0.930. The number of ether oxygens (including phenoxy) is 1. The number of carbonyl (C=O) groups is 1. The van der Waals surface area contributed by atoms with E-state index >= 15 is 0 Å². The monoisotopic (exact) mass is 326 g/mol. The molecule has 2 nitrogen and oxygen atoms in total. The van der Waals surface area contributed by atoms with Crippen molar-refractivity contribution < 1.29 is 13.9 Å². The predicted molar refractivity (Wildman–Crippen MR) is 92.3 cm³/mol. The number of alkyl halides is 1. The van der Waals surface area contributed by atoms with Crippen LogP contribution in [0.5, 0.6) is 0 Å². The summed E-state index contributed by atoms with van der Waals surface area (Å²) in [4.78, 5) is 12.3. The fourth-order valence-electron chi connectivity index (χ4n) is 4.38. The Hall–Kier alpha value is -0.440. The molecule has 1 heterocycles. The smallest absolute Gasteiger partial charge is 0.138 e. The number of ketones is 1. The van der Waals surface area contributed by atoms with Crippen molar-refractivity contribution in [2.45, 2.75) is 109 Å². The Morgan fingerprint density at radius 3 is 2.57 bits per heavy atom. The molecule has 0 N–H and O–H groups in total. The molecular weight excluding hydrogens is 291 g/mol. The van der Waals surface area contributed by atoms with Crippen LogP contribution in [0.4, 0.5) is 4.39 Å². The number of rotatable bonds is 10.